The summed E-state index contributed by atoms with van der Waals surface area (Å²) >= 11 is 0. The van der Waals surface area contributed by atoms with Crippen molar-refractivity contribution in [3.05, 3.63) is 53.6 Å². The van der Waals surface area contributed by atoms with Gasteiger partial charge in [-0.2, -0.15) is 0 Å². The number of rotatable bonds is 7. The summed E-state index contributed by atoms with van der Waals surface area (Å²) in [5, 5.41) is 0. The van der Waals surface area contributed by atoms with E-state index in [0.29, 0.717) is 0 Å². The molecule has 0 aliphatic carbocycles. The molecule has 0 saturated heterocycles. The molecule has 7 nitrogen and oxygen atoms in total. The third kappa shape index (κ3) is 4.28. The van der Waals surface area contributed by atoms with Gasteiger partial charge in [-0.3, -0.25) is 0 Å². The number of benzene rings is 2. The molecule has 8 heteroatoms. The molecule has 25 heavy (non-hydrogen) atoms. The number of methoxy groups -OCH3 is 3. The number of esters is 1. The van der Waals surface area contributed by atoms with E-state index < -0.39 is 16.0 Å². The average molecular weight is 365 g/mol. The molecule has 2 aromatic carbocycles. The first-order valence-corrected chi connectivity index (χ1v) is 8.79. The summed E-state index contributed by atoms with van der Waals surface area (Å²) in [5.74, 6) is -0.564. The normalized spacial score (nSPS) is 11.0. The summed E-state index contributed by atoms with van der Waals surface area (Å²) < 4.78 is 42.7. The fourth-order valence-corrected chi connectivity index (χ4v) is 3.38. The lowest BCUT2D eigenvalue weighted by Crippen LogP contribution is -2.24. The molecule has 0 atom stereocenters. The Balaban J connectivity index is 2.40. The van der Waals surface area contributed by atoms with Crippen LogP contribution in [-0.2, 0) is 21.3 Å². The van der Waals surface area contributed by atoms with Gasteiger partial charge in [0.2, 0.25) is 10.0 Å². The molecule has 0 aliphatic rings. The van der Waals surface area contributed by atoms with Gasteiger partial charge in [0.15, 0.2) is 0 Å². The third-order valence-corrected chi connectivity index (χ3v) is 4.91. The van der Waals surface area contributed by atoms with Gasteiger partial charge in [-0.25, -0.2) is 17.9 Å². The summed E-state index contributed by atoms with van der Waals surface area (Å²) in [6.07, 6.45) is 0. The fourth-order valence-electron chi connectivity index (χ4n) is 2.20. The molecular formula is C17H19NO6S. The molecule has 0 amide bonds. The molecule has 0 fully saturated rings. The highest BCUT2D eigenvalue weighted by Gasteiger charge is 2.25. The van der Waals surface area contributed by atoms with Crippen molar-refractivity contribution in [2.75, 3.05) is 21.3 Å². The largest absolute Gasteiger partial charge is 0.496 e. The van der Waals surface area contributed by atoms with Crippen LogP contribution in [-0.4, -0.2) is 35.7 Å². The predicted octanol–water partition coefficient (Wildman–Crippen LogP) is 1.97. The minimum Gasteiger partial charge on any atom is -0.496 e. The van der Waals surface area contributed by atoms with Gasteiger partial charge in [0, 0.05) is 12.6 Å². The van der Waals surface area contributed by atoms with Crippen molar-refractivity contribution >= 4 is 16.0 Å². The second-order valence-electron chi connectivity index (χ2n) is 5.01. The second-order valence-corrected chi connectivity index (χ2v) is 6.74. The average Bonchev–Trinajstić information content (AvgIpc) is 2.65. The molecular weight excluding hydrogens is 346 g/mol. The Morgan fingerprint density at radius 3 is 2.20 bits per heavy atom. The lowest BCUT2D eigenvalue weighted by atomic mass is 10.2. The molecule has 0 aromatic heterocycles. The lowest BCUT2D eigenvalue weighted by Gasteiger charge is -2.14. The van der Waals surface area contributed by atoms with Crippen LogP contribution in [0, 0.1) is 0 Å². The third-order valence-electron chi connectivity index (χ3n) is 3.49. The highest BCUT2D eigenvalue weighted by atomic mass is 32.2. The molecule has 0 heterocycles. The number of sulfonamides is 1. The van der Waals surface area contributed by atoms with Crippen LogP contribution < -0.4 is 14.2 Å². The smallest absolute Gasteiger partial charge is 0.341 e. The van der Waals surface area contributed by atoms with E-state index >= 15 is 0 Å². The number of hydrogen-bond donors (Lipinski definition) is 1. The van der Waals surface area contributed by atoms with Crippen molar-refractivity contribution in [1.29, 1.82) is 0 Å². The van der Waals surface area contributed by atoms with E-state index in [1.165, 1.54) is 33.5 Å². The van der Waals surface area contributed by atoms with Gasteiger partial charge < -0.3 is 14.2 Å². The molecule has 0 aliphatic heterocycles. The van der Waals surface area contributed by atoms with Crippen LogP contribution in [0.1, 0.15) is 15.9 Å². The minimum atomic E-state index is -3.89. The van der Waals surface area contributed by atoms with Gasteiger partial charge in [0.25, 0.3) is 0 Å². The van der Waals surface area contributed by atoms with Crippen molar-refractivity contribution in [2.45, 2.75) is 11.4 Å². The van der Waals surface area contributed by atoms with Crippen LogP contribution >= 0.6 is 0 Å². The molecule has 0 radical (unpaired) electrons. The van der Waals surface area contributed by atoms with Crippen LogP contribution in [0.15, 0.2) is 47.4 Å². The molecule has 134 valence electrons. The highest BCUT2D eigenvalue weighted by molar-refractivity contribution is 7.89. The summed E-state index contributed by atoms with van der Waals surface area (Å²) in [7, 11) is -0.0137. The fraction of sp³-hybridized carbons (Fsp3) is 0.235. The molecule has 0 spiro atoms. The minimum absolute atomic E-state index is 0.0155. The van der Waals surface area contributed by atoms with Gasteiger partial charge in [-0.15, -0.1) is 0 Å². The first kappa shape index (κ1) is 18.8. The summed E-state index contributed by atoms with van der Waals surface area (Å²) in [6, 6.07) is 11.6. The zero-order chi connectivity index (χ0) is 18.4. The standard InChI is InChI=1S/C17H19NO6S/c1-22-14-10-16(15(23-2)9-13(14)17(19)24-3)25(20,21)18-11-12-7-5-4-6-8-12/h4-10,18H,11H2,1-3H3. The van der Waals surface area contributed by atoms with E-state index in [-0.39, 0.29) is 28.5 Å². The first-order chi connectivity index (χ1) is 11.9. The Bertz CT molecular complexity index is 849. The van der Waals surface area contributed by atoms with Gasteiger partial charge in [-0.1, -0.05) is 30.3 Å². The van der Waals surface area contributed by atoms with E-state index in [9.17, 15) is 13.2 Å². The van der Waals surface area contributed by atoms with Gasteiger partial charge in [0.1, 0.15) is 22.0 Å². The maximum absolute atomic E-state index is 12.6. The van der Waals surface area contributed by atoms with Crippen LogP contribution in [0.3, 0.4) is 0 Å². The van der Waals surface area contributed by atoms with Gasteiger partial charge in [-0.05, 0) is 11.6 Å². The predicted molar refractivity (Wildman–Crippen MR) is 91.4 cm³/mol. The van der Waals surface area contributed by atoms with Crippen LogP contribution in [0.2, 0.25) is 0 Å². The number of hydrogen-bond acceptors (Lipinski definition) is 6. The SMILES string of the molecule is COC(=O)c1cc(OC)c(S(=O)(=O)NCc2ccccc2)cc1OC. The van der Waals surface area contributed by atoms with Crippen LogP contribution in [0.5, 0.6) is 11.5 Å². The molecule has 0 saturated carbocycles. The van der Waals surface area contributed by atoms with Crippen molar-refractivity contribution in [3.8, 4) is 11.5 Å². The van der Waals surface area contributed by atoms with Crippen molar-refractivity contribution in [1.82, 2.24) is 4.72 Å². The zero-order valence-electron chi connectivity index (χ0n) is 14.1. The monoisotopic (exact) mass is 365 g/mol. The van der Waals surface area contributed by atoms with Crippen LogP contribution in [0.4, 0.5) is 0 Å². The first-order valence-electron chi connectivity index (χ1n) is 7.31. The maximum atomic E-state index is 12.6. The molecule has 0 unspecified atom stereocenters. The number of ether oxygens (including phenoxy) is 3. The molecule has 1 N–H and O–H groups in total. The van der Waals surface area contributed by atoms with Crippen molar-refractivity contribution in [3.63, 3.8) is 0 Å². The number of carbonyl (C=O) groups excluding carboxylic acids is 1. The Labute approximate surface area is 146 Å². The molecule has 2 rings (SSSR count). The van der Waals surface area contributed by atoms with Gasteiger partial charge in [0.05, 0.1) is 21.3 Å². The highest BCUT2D eigenvalue weighted by Crippen LogP contribution is 2.32. The quantitative estimate of drug-likeness (QED) is 0.755. The van der Waals surface area contributed by atoms with E-state index in [0.717, 1.165) is 5.56 Å². The Kier molecular flexibility index (Phi) is 6.00. The Morgan fingerprint density at radius 1 is 1.00 bits per heavy atom. The van der Waals surface area contributed by atoms with E-state index in [4.69, 9.17) is 9.47 Å². The Hall–Kier alpha value is -2.58. The topological polar surface area (TPSA) is 90.9 Å². The summed E-state index contributed by atoms with van der Waals surface area (Å²) in [5.41, 5.74) is 0.882. The van der Waals surface area contributed by atoms with Gasteiger partial charge >= 0.3 is 5.97 Å². The van der Waals surface area contributed by atoms with Crippen molar-refractivity contribution in [2.24, 2.45) is 0 Å². The number of carbonyl (C=O) groups is 1. The van der Waals surface area contributed by atoms with E-state index in [1.807, 2.05) is 18.2 Å². The van der Waals surface area contributed by atoms with E-state index in [2.05, 4.69) is 9.46 Å². The second kappa shape index (κ2) is 8.00. The summed E-state index contributed by atoms with van der Waals surface area (Å²) in [4.78, 5) is 11.7. The van der Waals surface area contributed by atoms with Crippen LogP contribution in [0.25, 0.3) is 0 Å². The maximum Gasteiger partial charge on any atom is 0.341 e. The lowest BCUT2D eigenvalue weighted by molar-refractivity contribution is 0.0596. The summed E-state index contributed by atoms with van der Waals surface area (Å²) in [6.45, 7) is 0.118. The Morgan fingerprint density at radius 2 is 1.64 bits per heavy atom. The van der Waals surface area contributed by atoms with Crippen molar-refractivity contribution < 1.29 is 27.4 Å². The molecule has 2 aromatic rings. The molecule has 0 bridgehead atoms. The van der Waals surface area contributed by atoms with E-state index in [1.54, 1.807) is 12.1 Å². The number of nitrogens with one attached hydrogen (secondary N) is 1. The zero-order valence-corrected chi connectivity index (χ0v) is 14.9.